The minimum atomic E-state index is -0.200. The number of morpholine rings is 1. The number of carbonyl (C=O) groups is 2. The first-order valence-electron chi connectivity index (χ1n) is 14.5. The quantitative estimate of drug-likeness (QED) is 0.521. The molecule has 2 aliphatic carbocycles. The van der Waals surface area contributed by atoms with Crippen LogP contribution in [0.1, 0.15) is 57.1 Å². The number of amides is 1. The van der Waals surface area contributed by atoms with Gasteiger partial charge in [-0.25, -0.2) is 0 Å². The van der Waals surface area contributed by atoms with Crippen LogP contribution >= 0.6 is 0 Å². The minimum absolute atomic E-state index is 0.00843. The van der Waals surface area contributed by atoms with Crippen molar-refractivity contribution in [2.75, 3.05) is 32.7 Å². The number of ketones is 1. The molecule has 6 atom stereocenters. The lowest BCUT2D eigenvalue weighted by Gasteiger charge is -2.58. The van der Waals surface area contributed by atoms with Crippen LogP contribution in [0, 0.1) is 5.92 Å². The molecule has 6 rings (SSSR count). The van der Waals surface area contributed by atoms with Gasteiger partial charge in [-0.05, 0) is 63.7 Å². The molecule has 0 bridgehead atoms. The van der Waals surface area contributed by atoms with E-state index < -0.39 is 0 Å². The molecule has 37 heavy (non-hydrogen) atoms. The van der Waals surface area contributed by atoms with E-state index in [1.165, 1.54) is 25.7 Å². The second-order valence-corrected chi connectivity index (χ2v) is 11.5. The topological polar surface area (TPSA) is 86.8 Å². The second-order valence-electron chi connectivity index (χ2n) is 11.5. The molecule has 6 unspecified atom stereocenters. The summed E-state index contributed by atoms with van der Waals surface area (Å²) < 4.78 is 6.80. The number of ether oxygens (including phenoxy) is 1. The maximum atomic E-state index is 13.7. The lowest BCUT2D eigenvalue weighted by Crippen LogP contribution is -2.70. The van der Waals surface area contributed by atoms with Crippen LogP contribution in [0.25, 0.3) is 0 Å². The molecular formula is C29H41N5O3. The normalized spacial score (nSPS) is 33.5. The molecule has 1 amide bonds. The van der Waals surface area contributed by atoms with Crippen LogP contribution in [0.3, 0.4) is 0 Å². The number of nitrogens with zero attached hydrogens (tertiary/aromatic N) is 3. The molecule has 2 saturated carbocycles. The van der Waals surface area contributed by atoms with Gasteiger partial charge in [-0.1, -0.05) is 18.9 Å². The van der Waals surface area contributed by atoms with Crippen molar-refractivity contribution in [1.82, 2.24) is 25.4 Å². The van der Waals surface area contributed by atoms with Crippen LogP contribution in [0.5, 0.6) is 0 Å². The summed E-state index contributed by atoms with van der Waals surface area (Å²) in [5.74, 6) is -0.366. The summed E-state index contributed by atoms with van der Waals surface area (Å²) in [6, 6.07) is 6.50. The molecular weight excluding hydrogens is 466 g/mol. The number of pyridine rings is 1. The summed E-state index contributed by atoms with van der Waals surface area (Å²) in [6.45, 7) is 4.50. The Hall–Kier alpha value is -2.29. The third-order valence-corrected chi connectivity index (χ3v) is 9.21. The van der Waals surface area contributed by atoms with Crippen molar-refractivity contribution < 1.29 is 14.3 Å². The van der Waals surface area contributed by atoms with Gasteiger partial charge in [-0.2, -0.15) is 0 Å². The first-order chi connectivity index (χ1) is 18.2. The highest BCUT2D eigenvalue weighted by atomic mass is 16.5. The van der Waals surface area contributed by atoms with E-state index in [9.17, 15) is 9.59 Å². The Balaban J connectivity index is 1.17. The molecule has 2 saturated heterocycles. The third kappa shape index (κ3) is 5.20. The van der Waals surface area contributed by atoms with E-state index in [1.807, 2.05) is 24.5 Å². The van der Waals surface area contributed by atoms with Crippen molar-refractivity contribution in [2.45, 2.75) is 88.1 Å². The zero-order valence-corrected chi connectivity index (χ0v) is 21.8. The smallest absolute Gasteiger partial charge is 0.256 e. The minimum Gasteiger partial charge on any atom is -0.369 e. The largest absolute Gasteiger partial charge is 0.369 e. The van der Waals surface area contributed by atoms with Crippen molar-refractivity contribution in [3.63, 3.8) is 0 Å². The lowest BCUT2D eigenvalue weighted by molar-refractivity contribution is -0.188. The van der Waals surface area contributed by atoms with E-state index in [4.69, 9.17) is 4.74 Å². The van der Waals surface area contributed by atoms with Gasteiger partial charge in [0.15, 0.2) is 5.78 Å². The van der Waals surface area contributed by atoms with E-state index in [0.29, 0.717) is 12.1 Å². The SMILES string of the molecule is O=C(NCCN1CCCC1)C1=CN2C3CCCCC3OC3C(NCCc4ccccn4)CCC(C1=O)C32. The van der Waals surface area contributed by atoms with Gasteiger partial charge < -0.3 is 25.2 Å². The van der Waals surface area contributed by atoms with Crippen LogP contribution in [0.15, 0.2) is 36.2 Å². The molecule has 4 heterocycles. The Labute approximate surface area is 220 Å². The molecule has 1 aromatic rings. The summed E-state index contributed by atoms with van der Waals surface area (Å²) in [5, 5.41) is 6.81. The lowest BCUT2D eigenvalue weighted by atomic mass is 9.70. The van der Waals surface area contributed by atoms with Crippen LogP contribution in [-0.2, 0) is 20.7 Å². The van der Waals surface area contributed by atoms with Gasteiger partial charge in [0.1, 0.15) is 0 Å². The molecule has 2 N–H and O–H groups in total. The molecule has 0 spiro atoms. The van der Waals surface area contributed by atoms with E-state index >= 15 is 0 Å². The molecule has 5 aliphatic rings. The van der Waals surface area contributed by atoms with Crippen molar-refractivity contribution in [2.24, 2.45) is 5.92 Å². The third-order valence-electron chi connectivity index (χ3n) is 9.21. The zero-order valence-electron chi connectivity index (χ0n) is 21.8. The molecule has 0 aromatic carbocycles. The Morgan fingerprint density at radius 1 is 1.05 bits per heavy atom. The average Bonchev–Trinajstić information content (AvgIpc) is 3.45. The monoisotopic (exact) mass is 507 g/mol. The molecule has 200 valence electrons. The van der Waals surface area contributed by atoms with Crippen molar-refractivity contribution >= 4 is 11.7 Å². The highest BCUT2D eigenvalue weighted by molar-refractivity contribution is 6.20. The van der Waals surface area contributed by atoms with Gasteiger partial charge in [0.2, 0.25) is 0 Å². The van der Waals surface area contributed by atoms with Crippen LogP contribution in [0.2, 0.25) is 0 Å². The fourth-order valence-corrected chi connectivity index (χ4v) is 7.34. The number of fused-ring (bicyclic) bond motifs is 2. The van der Waals surface area contributed by atoms with Crippen LogP contribution in [-0.4, -0.2) is 89.5 Å². The van der Waals surface area contributed by atoms with Crippen molar-refractivity contribution in [3.05, 3.63) is 41.9 Å². The molecule has 0 radical (unpaired) electrons. The summed E-state index contributed by atoms with van der Waals surface area (Å²) >= 11 is 0. The molecule has 8 nitrogen and oxygen atoms in total. The fourth-order valence-electron chi connectivity index (χ4n) is 7.34. The number of Topliss-reactive ketones (excluding diaryl/α,β-unsaturated/α-hetero) is 1. The number of hydrogen-bond donors (Lipinski definition) is 2. The molecule has 3 aliphatic heterocycles. The number of hydrogen-bond acceptors (Lipinski definition) is 7. The van der Waals surface area contributed by atoms with Crippen molar-refractivity contribution in [1.29, 1.82) is 0 Å². The van der Waals surface area contributed by atoms with Crippen LogP contribution < -0.4 is 10.6 Å². The first-order valence-corrected chi connectivity index (χ1v) is 14.5. The maximum Gasteiger partial charge on any atom is 0.256 e. The zero-order chi connectivity index (χ0) is 25.2. The average molecular weight is 508 g/mol. The second kappa shape index (κ2) is 11.2. The predicted octanol–water partition coefficient (Wildman–Crippen LogP) is 2.05. The summed E-state index contributed by atoms with van der Waals surface area (Å²) in [7, 11) is 0. The summed E-state index contributed by atoms with van der Waals surface area (Å²) in [4.78, 5) is 36.1. The Kier molecular flexibility index (Phi) is 7.58. The summed E-state index contributed by atoms with van der Waals surface area (Å²) in [5.41, 5.74) is 1.44. The van der Waals surface area contributed by atoms with Gasteiger partial charge in [0, 0.05) is 56.1 Å². The van der Waals surface area contributed by atoms with Gasteiger partial charge >= 0.3 is 0 Å². The maximum absolute atomic E-state index is 13.7. The molecule has 4 fully saturated rings. The molecule has 1 aromatic heterocycles. The van der Waals surface area contributed by atoms with Gasteiger partial charge in [-0.3, -0.25) is 14.6 Å². The van der Waals surface area contributed by atoms with E-state index in [-0.39, 0.29) is 47.9 Å². The number of carbonyl (C=O) groups excluding carboxylic acids is 2. The Morgan fingerprint density at radius 2 is 1.92 bits per heavy atom. The number of likely N-dealkylation sites (tertiary alicyclic amines) is 1. The Morgan fingerprint density at radius 3 is 2.76 bits per heavy atom. The number of aromatic nitrogens is 1. The van der Waals surface area contributed by atoms with Gasteiger partial charge in [-0.15, -0.1) is 0 Å². The van der Waals surface area contributed by atoms with Crippen molar-refractivity contribution in [3.8, 4) is 0 Å². The van der Waals surface area contributed by atoms with E-state index in [2.05, 4.69) is 31.5 Å². The standard InChI is InChI=1S/C29H41N5O3/c35-27-21-10-11-23(31-14-12-20-7-3-4-13-30-20)28-26(21)34(24-8-1-2-9-25(24)37-28)19-22(27)29(36)32-15-18-33-16-5-6-17-33/h3-4,7,13,19,21,23-26,28,31H,1-2,5-6,8-12,14-18H2,(H,32,36). The molecule has 8 heteroatoms. The van der Waals surface area contributed by atoms with E-state index in [0.717, 1.165) is 64.0 Å². The first kappa shape index (κ1) is 25.0. The highest BCUT2D eigenvalue weighted by Crippen LogP contribution is 2.44. The highest BCUT2D eigenvalue weighted by Gasteiger charge is 2.55. The number of rotatable bonds is 8. The Bertz CT molecular complexity index is 995. The van der Waals surface area contributed by atoms with Crippen LogP contribution in [0.4, 0.5) is 0 Å². The summed E-state index contributed by atoms with van der Waals surface area (Å²) in [6.07, 6.45) is 13.4. The predicted molar refractivity (Wildman–Crippen MR) is 141 cm³/mol. The fraction of sp³-hybridized carbons (Fsp3) is 0.690. The van der Waals surface area contributed by atoms with E-state index in [1.54, 1.807) is 0 Å². The van der Waals surface area contributed by atoms with Gasteiger partial charge in [0.05, 0.1) is 29.9 Å². The number of nitrogens with one attached hydrogen (secondary N) is 2. The van der Waals surface area contributed by atoms with Gasteiger partial charge in [0.25, 0.3) is 5.91 Å².